The van der Waals surface area contributed by atoms with E-state index >= 15 is 0 Å². The van der Waals surface area contributed by atoms with Gasteiger partial charge in [0.15, 0.2) is 11.5 Å². The number of hydrogen-bond acceptors (Lipinski definition) is 6. The Morgan fingerprint density at radius 2 is 2.04 bits per heavy atom. The minimum Gasteiger partial charge on any atom is -0.486 e. The highest BCUT2D eigenvalue weighted by Gasteiger charge is 2.28. The number of carbonyl (C=O) groups excluding carboxylic acids is 1. The zero-order valence-corrected chi connectivity index (χ0v) is 15.3. The van der Waals surface area contributed by atoms with Crippen molar-refractivity contribution >= 4 is 16.8 Å². The van der Waals surface area contributed by atoms with E-state index in [0.717, 1.165) is 10.9 Å². The molecular weight excluding hydrogens is 346 g/mol. The van der Waals surface area contributed by atoms with Crippen LogP contribution in [0, 0.1) is 0 Å². The van der Waals surface area contributed by atoms with Crippen LogP contribution in [-0.2, 0) is 11.3 Å². The van der Waals surface area contributed by atoms with Gasteiger partial charge in [-0.1, -0.05) is 11.2 Å². The lowest BCUT2D eigenvalue weighted by atomic mass is 10.2. The van der Waals surface area contributed by atoms with E-state index in [4.69, 9.17) is 14.0 Å². The fourth-order valence-corrected chi connectivity index (χ4v) is 3.29. The molecule has 2 atom stereocenters. The molecule has 7 heteroatoms. The van der Waals surface area contributed by atoms with Crippen molar-refractivity contribution in [1.29, 1.82) is 0 Å². The van der Waals surface area contributed by atoms with E-state index in [-0.39, 0.29) is 30.4 Å². The first-order valence-corrected chi connectivity index (χ1v) is 8.96. The van der Waals surface area contributed by atoms with Crippen molar-refractivity contribution in [2.75, 3.05) is 13.1 Å². The fraction of sp³-hybridized carbons (Fsp3) is 0.350. The lowest BCUT2D eigenvalue weighted by Gasteiger charge is -2.34. The average molecular weight is 367 g/mol. The Labute approximate surface area is 156 Å². The SMILES string of the molecule is C[C@@H]1CN(C(=O)c2cc(COc3ccc4ncccc4c3)on2)C[C@H](C)O1. The fourth-order valence-electron chi connectivity index (χ4n) is 3.29. The van der Waals surface area contributed by atoms with Gasteiger partial charge < -0.3 is 18.9 Å². The smallest absolute Gasteiger partial charge is 0.276 e. The molecule has 4 rings (SSSR count). The number of ether oxygens (including phenoxy) is 2. The van der Waals surface area contributed by atoms with Gasteiger partial charge in [-0.2, -0.15) is 0 Å². The van der Waals surface area contributed by atoms with Gasteiger partial charge in [0, 0.05) is 30.7 Å². The van der Waals surface area contributed by atoms with Crippen LogP contribution < -0.4 is 4.74 Å². The molecule has 1 fully saturated rings. The standard InChI is InChI=1S/C20H21N3O4/c1-13-10-23(11-14(2)26-13)20(24)19-9-17(27-22-19)12-25-16-5-6-18-15(8-16)4-3-7-21-18/h3-9,13-14H,10-12H2,1-2H3/t13-,14+. The Hall–Kier alpha value is -2.93. The molecule has 0 saturated carbocycles. The molecule has 1 aliphatic rings. The molecule has 3 aromatic rings. The summed E-state index contributed by atoms with van der Waals surface area (Å²) in [7, 11) is 0. The second-order valence-electron chi connectivity index (χ2n) is 6.79. The van der Waals surface area contributed by atoms with E-state index in [2.05, 4.69) is 10.1 Å². The molecule has 0 unspecified atom stereocenters. The number of aromatic nitrogens is 2. The predicted molar refractivity (Wildman–Crippen MR) is 98.5 cm³/mol. The molecule has 140 valence electrons. The summed E-state index contributed by atoms with van der Waals surface area (Å²) in [6.07, 6.45) is 1.77. The van der Waals surface area contributed by atoms with Crippen molar-refractivity contribution in [1.82, 2.24) is 15.0 Å². The number of pyridine rings is 1. The Kier molecular flexibility index (Phi) is 4.77. The van der Waals surface area contributed by atoms with E-state index in [1.165, 1.54) is 0 Å². The largest absolute Gasteiger partial charge is 0.486 e. The Morgan fingerprint density at radius 1 is 1.22 bits per heavy atom. The molecule has 7 nitrogen and oxygen atoms in total. The maximum atomic E-state index is 12.6. The first kappa shape index (κ1) is 17.5. The van der Waals surface area contributed by atoms with Crippen molar-refractivity contribution < 1.29 is 18.8 Å². The summed E-state index contributed by atoms with van der Waals surface area (Å²) in [6.45, 7) is 5.20. The summed E-state index contributed by atoms with van der Waals surface area (Å²) < 4.78 is 16.7. The van der Waals surface area contributed by atoms with Gasteiger partial charge >= 0.3 is 0 Å². The molecule has 27 heavy (non-hydrogen) atoms. The minimum absolute atomic E-state index is 0.00907. The van der Waals surface area contributed by atoms with Gasteiger partial charge in [0.2, 0.25) is 0 Å². The maximum Gasteiger partial charge on any atom is 0.276 e. The molecule has 0 N–H and O–H groups in total. The topological polar surface area (TPSA) is 77.7 Å². The normalized spacial score (nSPS) is 20.0. The number of rotatable bonds is 4. The van der Waals surface area contributed by atoms with Crippen molar-refractivity contribution in [3.05, 3.63) is 54.0 Å². The third kappa shape index (κ3) is 3.93. The van der Waals surface area contributed by atoms with Crippen LogP contribution >= 0.6 is 0 Å². The van der Waals surface area contributed by atoms with Gasteiger partial charge in [0.1, 0.15) is 12.4 Å². The van der Waals surface area contributed by atoms with Gasteiger partial charge in [0.05, 0.1) is 17.7 Å². The van der Waals surface area contributed by atoms with Crippen LogP contribution in [0.5, 0.6) is 5.75 Å². The zero-order valence-electron chi connectivity index (χ0n) is 15.3. The van der Waals surface area contributed by atoms with Crippen LogP contribution in [0.3, 0.4) is 0 Å². The van der Waals surface area contributed by atoms with E-state index in [9.17, 15) is 4.79 Å². The lowest BCUT2D eigenvalue weighted by molar-refractivity contribution is -0.0588. The summed E-state index contributed by atoms with van der Waals surface area (Å²) in [5.74, 6) is 1.05. The number of benzene rings is 1. The van der Waals surface area contributed by atoms with E-state index in [0.29, 0.717) is 24.6 Å². The lowest BCUT2D eigenvalue weighted by Crippen LogP contribution is -2.48. The van der Waals surface area contributed by atoms with Crippen molar-refractivity contribution in [2.45, 2.75) is 32.7 Å². The number of amides is 1. The number of nitrogens with zero attached hydrogens (tertiary/aromatic N) is 3. The monoisotopic (exact) mass is 367 g/mol. The molecule has 1 amide bonds. The summed E-state index contributed by atoms with van der Waals surface area (Å²) >= 11 is 0. The quantitative estimate of drug-likeness (QED) is 0.705. The third-order valence-electron chi connectivity index (χ3n) is 4.44. The van der Waals surface area contributed by atoms with E-state index < -0.39 is 0 Å². The van der Waals surface area contributed by atoms with Crippen molar-refractivity contribution in [3.8, 4) is 5.75 Å². The second-order valence-corrected chi connectivity index (χ2v) is 6.79. The molecule has 3 heterocycles. The van der Waals surface area contributed by atoms with Gasteiger partial charge in [-0.15, -0.1) is 0 Å². The van der Waals surface area contributed by atoms with E-state index in [1.54, 1.807) is 17.2 Å². The van der Waals surface area contributed by atoms with Crippen LogP contribution in [0.25, 0.3) is 10.9 Å². The highest BCUT2D eigenvalue weighted by molar-refractivity contribution is 5.92. The molecule has 1 saturated heterocycles. The van der Waals surface area contributed by atoms with Crippen molar-refractivity contribution in [3.63, 3.8) is 0 Å². The first-order valence-electron chi connectivity index (χ1n) is 8.96. The Bertz CT molecular complexity index is 945. The molecule has 2 aromatic heterocycles. The summed E-state index contributed by atoms with van der Waals surface area (Å²) in [5, 5.41) is 4.91. The first-order chi connectivity index (χ1) is 13.1. The molecule has 1 aliphatic heterocycles. The number of morpholine rings is 1. The number of carbonyl (C=O) groups is 1. The summed E-state index contributed by atoms with van der Waals surface area (Å²) in [5.41, 5.74) is 1.20. The predicted octanol–water partition coefficient (Wildman–Crippen LogP) is 3.05. The molecule has 0 radical (unpaired) electrons. The Morgan fingerprint density at radius 3 is 2.85 bits per heavy atom. The van der Waals surface area contributed by atoms with Gasteiger partial charge in [-0.05, 0) is 38.1 Å². The second kappa shape index (κ2) is 7.36. The third-order valence-corrected chi connectivity index (χ3v) is 4.44. The van der Waals surface area contributed by atoms with Crippen LogP contribution in [0.15, 0.2) is 47.1 Å². The van der Waals surface area contributed by atoms with Gasteiger partial charge in [-0.3, -0.25) is 9.78 Å². The maximum absolute atomic E-state index is 12.6. The highest BCUT2D eigenvalue weighted by Crippen LogP contribution is 2.20. The van der Waals surface area contributed by atoms with Crippen molar-refractivity contribution in [2.24, 2.45) is 0 Å². The molecule has 0 aliphatic carbocycles. The van der Waals surface area contributed by atoms with Crippen LogP contribution in [-0.4, -0.2) is 46.2 Å². The van der Waals surface area contributed by atoms with Crippen LogP contribution in [0.1, 0.15) is 30.1 Å². The minimum atomic E-state index is -0.149. The average Bonchev–Trinajstić information content (AvgIpc) is 3.14. The molecule has 1 aromatic carbocycles. The van der Waals surface area contributed by atoms with E-state index in [1.807, 2.05) is 44.2 Å². The number of hydrogen-bond donors (Lipinski definition) is 0. The summed E-state index contributed by atoms with van der Waals surface area (Å²) in [4.78, 5) is 18.7. The van der Waals surface area contributed by atoms with Gasteiger partial charge in [0.25, 0.3) is 5.91 Å². The van der Waals surface area contributed by atoms with Gasteiger partial charge in [-0.25, -0.2) is 0 Å². The molecular formula is C20H21N3O4. The molecule has 0 spiro atoms. The molecule has 0 bridgehead atoms. The summed E-state index contributed by atoms with van der Waals surface area (Å²) in [6, 6.07) is 11.2. The number of fused-ring (bicyclic) bond motifs is 1. The highest BCUT2D eigenvalue weighted by atomic mass is 16.5. The van der Waals surface area contributed by atoms with Crippen LogP contribution in [0.2, 0.25) is 0 Å². The Balaban J connectivity index is 1.40. The zero-order chi connectivity index (χ0) is 18.8. The van der Waals surface area contributed by atoms with Crippen LogP contribution in [0.4, 0.5) is 0 Å².